The van der Waals surface area contributed by atoms with Gasteiger partial charge >= 0.3 is 5.97 Å². The predicted octanol–water partition coefficient (Wildman–Crippen LogP) is 0.805. The third-order valence-electron chi connectivity index (χ3n) is 3.38. The van der Waals surface area contributed by atoms with Gasteiger partial charge in [0.15, 0.2) is 6.10 Å². The Bertz CT molecular complexity index is 553. The van der Waals surface area contributed by atoms with Gasteiger partial charge in [-0.2, -0.15) is 0 Å². The molecule has 1 aliphatic heterocycles. The normalized spacial score (nSPS) is 16.0. The maximum absolute atomic E-state index is 12.2. The lowest BCUT2D eigenvalue weighted by molar-refractivity contribution is -0.143. The molecule has 1 amide bonds. The maximum atomic E-state index is 12.2. The molecule has 0 saturated carbocycles. The molecule has 0 aliphatic carbocycles. The van der Waals surface area contributed by atoms with Crippen LogP contribution in [0.15, 0.2) is 18.2 Å². The average Bonchev–Trinajstić information content (AvgIpc) is 2.54. The molecule has 1 aromatic rings. The van der Waals surface area contributed by atoms with Crippen LogP contribution in [-0.4, -0.2) is 61.4 Å². The second-order valence-electron chi connectivity index (χ2n) is 4.87. The van der Waals surface area contributed by atoms with Crippen LogP contribution in [0.4, 0.5) is 0 Å². The maximum Gasteiger partial charge on any atom is 0.342 e. The number of carbonyl (C=O) groups excluding carboxylic acids is 2. The first-order chi connectivity index (χ1) is 10.5. The molecule has 1 atom stereocenters. The van der Waals surface area contributed by atoms with Crippen LogP contribution in [0.3, 0.4) is 0 Å². The number of ether oxygens (including phenoxy) is 3. The van der Waals surface area contributed by atoms with Crippen molar-refractivity contribution < 1.29 is 28.9 Å². The van der Waals surface area contributed by atoms with Gasteiger partial charge in [0.1, 0.15) is 17.1 Å². The quantitative estimate of drug-likeness (QED) is 0.828. The van der Waals surface area contributed by atoms with Crippen molar-refractivity contribution in [2.45, 2.75) is 13.0 Å². The second-order valence-corrected chi connectivity index (χ2v) is 4.87. The molecule has 7 heteroatoms. The second kappa shape index (κ2) is 7.13. The van der Waals surface area contributed by atoms with Crippen molar-refractivity contribution in [1.29, 1.82) is 0 Å². The summed E-state index contributed by atoms with van der Waals surface area (Å²) in [5, 5.41) is 9.80. The molecule has 7 nitrogen and oxygen atoms in total. The molecule has 0 unspecified atom stereocenters. The number of benzene rings is 1. The van der Waals surface area contributed by atoms with Gasteiger partial charge in [-0.1, -0.05) is 0 Å². The van der Waals surface area contributed by atoms with Crippen molar-refractivity contribution in [3.8, 4) is 11.5 Å². The number of methoxy groups -OCH3 is 1. The Morgan fingerprint density at radius 1 is 1.32 bits per heavy atom. The molecular weight excluding hydrogens is 290 g/mol. The van der Waals surface area contributed by atoms with Crippen LogP contribution in [-0.2, 0) is 14.3 Å². The van der Waals surface area contributed by atoms with E-state index in [1.54, 1.807) is 4.90 Å². The van der Waals surface area contributed by atoms with Gasteiger partial charge in [0.05, 0.1) is 20.3 Å². The van der Waals surface area contributed by atoms with Gasteiger partial charge in [0.2, 0.25) is 0 Å². The van der Waals surface area contributed by atoms with E-state index < -0.39 is 12.1 Å². The lowest BCUT2D eigenvalue weighted by Gasteiger charge is -2.29. The molecule has 0 bridgehead atoms. The van der Waals surface area contributed by atoms with E-state index in [0.717, 1.165) is 0 Å². The van der Waals surface area contributed by atoms with Gasteiger partial charge in [-0.3, -0.25) is 4.79 Å². The molecule has 1 saturated heterocycles. The number of nitrogens with zero attached hydrogens (tertiary/aromatic N) is 1. The molecule has 0 spiro atoms. The number of hydrogen-bond acceptors (Lipinski definition) is 6. The number of hydrogen-bond donors (Lipinski definition) is 1. The summed E-state index contributed by atoms with van der Waals surface area (Å²) in [6.45, 7) is 3.43. The summed E-state index contributed by atoms with van der Waals surface area (Å²) in [6.07, 6.45) is -0.924. The average molecular weight is 309 g/mol. The Balaban J connectivity index is 2.00. The van der Waals surface area contributed by atoms with Gasteiger partial charge in [-0.15, -0.1) is 0 Å². The monoisotopic (exact) mass is 309 g/mol. The zero-order valence-electron chi connectivity index (χ0n) is 12.6. The van der Waals surface area contributed by atoms with E-state index in [1.807, 2.05) is 0 Å². The highest BCUT2D eigenvalue weighted by atomic mass is 16.5. The highest BCUT2D eigenvalue weighted by molar-refractivity contribution is 5.94. The third-order valence-corrected chi connectivity index (χ3v) is 3.38. The summed E-state index contributed by atoms with van der Waals surface area (Å²) in [5.41, 5.74) is -0.0116. The lowest BCUT2D eigenvalue weighted by Crippen LogP contribution is -2.46. The van der Waals surface area contributed by atoms with Gasteiger partial charge < -0.3 is 24.2 Å². The number of carbonyl (C=O) groups is 2. The number of rotatable bonds is 4. The Morgan fingerprint density at radius 3 is 2.59 bits per heavy atom. The molecule has 0 aromatic heterocycles. The van der Waals surface area contributed by atoms with Crippen LogP contribution in [0.2, 0.25) is 0 Å². The minimum Gasteiger partial charge on any atom is -0.507 e. The summed E-state index contributed by atoms with van der Waals surface area (Å²) < 4.78 is 15.2. The summed E-state index contributed by atoms with van der Waals surface area (Å²) in [5.74, 6) is -0.860. The number of morpholine rings is 1. The van der Waals surface area contributed by atoms with Crippen molar-refractivity contribution in [3.05, 3.63) is 23.8 Å². The fourth-order valence-corrected chi connectivity index (χ4v) is 2.13. The molecule has 2 rings (SSSR count). The molecule has 1 aliphatic rings. The van der Waals surface area contributed by atoms with Crippen LogP contribution in [0.25, 0.3) is 0 Å². The number of esters is 1. The van der Waals surface area contributed by atoms with Crippen LogP contribution < -0.4 is 4.74 Å². The van der Waals surface area contributed by atoms with Gasteiger partial charge in [0.25, 0.3) is 5.91 Å². The number of aromatic hydroxyl groups is 1. The Hall–Kier alpha value is -2.28. The molecule has 1 aromatic carbocycles. The van der Waals surface area contributed by atoms with Crippen molar-refractivity contribution >= 4 is 11.9 Å². The van der Waals surface area contributed by atoms with Gasteiger partial charge in [0, 0.05) is 19.2 Å². The van der Waals surface area contributed by atoms with Crippen LogP contribution in [0, 0.1) is 0 Å². The Morgan fingerprint density at radius 2 is 2.00 bits per heavy atom. The smallest absolute Gasteiger partial charge is 0.342 e. The molecule has 120 valence electrons. The van der Waals surface area contributed by atoms with E-state index in [2.05, 4.69) is 0 Å². The lowest BCUT2D eigenvalue weighted by atomic mass is 10.2. The summed E-state index contributed by atoms with van der Waals surface area (Å²) >= 11 is 0. The molecular formula is C15H19NO6. The minimum atomic E-state index is -0.924. The van der Waals surface area contributed by atoms with E-state index in [0.29, 0.717) is 32.1 Å². The zero-order valence-corrected chi connectivity index (χ0v) is 12.6. The first-order valence-corrected chi connectivity index (χ1v) is 6.97. The van der Waals surface area contributed by atoms with E-state index in [9.17, 15) is 14.7 Å². The summed E-state index contributed by atoms with van der Waals surface area (Å²) in [7, 11) is 1.45. The van der Waals surface area contributed by atoms with E-state index in [1.165, 1.54) is 32.2 Å². The third kappa shape index (κ3) is 3.67. The predicted molar refractivity (Wildman–Crippen MR) is 76.9 cm³/mol. The zero-order chi connectivity index (χ0) is 16.1. The van der Waals surface area contributed by atoms with E-state index in [4.69, 9.17) is 14.2 Å². The number of phenols is 1. The molecule has 1 heterocycles. The van der Waals surface area contributed by atoms with Gasteiger partial charge in [-0.25, -0.2) is 4.79 Å². The van der Waals surface area contributed by atoms with Crippen LogP contribution in [0.5, 0.6) is 11.5 Å². The molecule has 1 fully saturated rings. The minimum absolute atomic E-state index is 0.0116. The Labute approximate surface area is 128 Å². The Kier molecular flexibility index (Phi) is 5.21. The first-order valence-electron chi connectivity index (χ1n) is 6.97. The molecule has 0 radical (unpaired) electrons. The number of phenolic OH excluding ortho intramolecular Hbond substituents is 1. The van der Waals surface area contributed by atoms with E-state index in [-0.39, 0.29) is 17.2 Å². The van der Waals surface area contributed by atoms with Crippen molar-refractivity contribution in [2.75, 3.05) is 33.4 Å². The fraction of sp³-hybridized carbons (Fsp3) is 0.467. The molecule has 22 heavy (non-hydrogen) atoms. The fourth-order valence-electron chi connectivity index (χ4n) is 2.13. The topological polar surface area (TPSA) is 85.3 Å². The molecule has 1 N–H and O–H groups in total. The van der Waals surface area contributed by atoms with E-state index >= 15 is 0 Å². The highest BCUT2D eigenvalue weighted by Gasteiger charge is 2.26. The van der Waals surface area contributed by atoms with Crippen LogP contribution in [0.1, 0.15) is 17.3 Å². The van der Waals surface area contributed by atoms with Crippen molar-refractivity contribution in [1.82, 2.24) is 4.90 Å². The summed E-state index contributed by atoms with van der Waals surface area (Å²) in [4.78, 5) is 25.8. The van der Waals surface area contributed by atoms with Crippen molar-refractivity contribution in [3.63, 3.8) is 0 Å². The highest BCUT2D eigenvalue weighted by Crippen LogP contribution is 2.24. The van der Waals surface area contributed by atoms with Crippen LogP contribution >= 0.6 is 0 Å². The number of amides is 1. The van der Waals surface area contributed by atoms with Crippen molar-refractivity contribution in [2.24, 2.45) is 0 Å². The largest absolute Gasteiger partial charge is 0.507 e. The first kappa shape index (κ1) is 16.1. The summed E-state index contributed by atoms with van der Waals surface area (Å²) in [6, 6.07) is 4.23. The standard InChI is InChI=1S/C15H19NO6/c1-10(14(18)16-5-7-21-8-6-16)22-15(19)12-4-3-11(20-2)9-13(12)17/h3-4,9-10,17H,5-8H2,1-2H3/t10-/m0/s1. The SMILES string of the molecule is COc1ccc(C(=O)O[C@@H](C)C(=O)N2CCOCC2)c(O)c1. The van der Waals surface area contributed by atoms with Gasteiger partial charge in [-0.05, 0) is 19.1 Å².